The van der Waals surface area contributed by atoms with E-state index in [4.69, 9.17) is 5.73 Å². The van der Waals surface area contributed by atoms with Crippen LogP contribution in [0, 0.1) is 5.92 Å². The van der Waals surface area contributed by atoms with Crippen molar-refractivity contribution in [3.8, 4) is 0 Å². The minimum absolute atomic E-state index is 0.276. The summed E-state index contributed by atoms with van der Waals surface area (Å²) in [6, 6.07) is 3.66. The minimum Gasteiger partial charge on any atom is -0.391 e. The van der Waals surface area contributed by atoms with Gasteiger partial charge in [-0.05, 0) is 25.0 Å². The molecular weight excluding hydrogens is 182 g/mol. The van der Waals surface area contributed by atoms with E-state index in [1.165, 1.54) is 24.2 Å². The van der Waals surface area contributed by atoms with Gasteiger partial charge in [-0.2, -0.15) is 0 Å². The zero-order valence-corrected chi connectivity index (χ0v) is 8.27. The third kappa shape index (κ3) is 1.75. The van der Waals surface area contributed by atoms with E-state index in [1.54, 1.807) is 0 Å². The number of hydrogen-bond donors (Lipinski definition) is 1. The molecule has 3 heteroatoms. The van der Waals surface area contributed by atoms with Gasteiger partial charge in [0.15, 0.2) is 5.78 Å². The normalized spacial score (nSPS) is 17.8. The largest absolute Gasteiger partial charge is 0.391 e. The van der Waals surface area contributed by atoms with Crippen LogP contribution in [0.2, 0.25) is 0 Å². The van der Waals surface area contributed by atoms with E-state index in [0.29, 0.717) is 5.78 Å². The number of nitrogen functional groups attached to an aromatic ring is 1. The number of carbonyl (C=O) groups is 1. The molecule has 0 aliphatic heterocycles. The van der Waals surface area contributed by atoms with Crippen molar-refractivity contribution in [2.24, 2.45) is 5.92 Å². The Hall–Kier alpha value is -0.830. The van der Waals surface area contributed by atoms with Crippen molar-refractivity contribution >= 4 is 22.1 Å². The van der Waals surface area contributed by atoms with Gasteiger partial charge in [-0.1, -0.05) is 12.8 Å². The summed E-state index contributed by atoms with van der Waals surface area (Å²) in [5.74, 6) is 0.581. The monoisotopic (exact) mass is 195 g/mol. The molecular formula is C10H13NOS. The Morgan fingerprint density at radius 1 is 1.38 bits per heavy atom. The van der Waals surface area contributed by atoms with Crippen LogP contribution in [0.1, 0.15) is 35.4 Å². The molecule has 0 radical (unpaired) electrons. The van der Waals surface area contributed by atoms with Crippen molar-refractivity contribution in [1.29, 1.82) is 0 Å². The Morgan fingerprint density at radius 2 is 2.08 bits per heavy atom. The maximum absolute atomic E-state index is 11.8. The standard InChI is InChI=1S/C10H13NOS/c11-9-6-5-8(13-9)10(12)7-3-1-2-4-7/h5-7H,1-4,11H2. The number of nitrogens with two attached hydrogens (primary N) is 1. The van der Waals surface area contributed by atoms with Crippen LogP contribution in [-0.2, 0) is 0 Å². The molecule has 1 saturated carbocycles. The highest BCUT2D eigenvalue weighted by Crippen LogP contribution is 2.30. The maximum Gasteiger partial charge on any atom is 0.175 e. The van der Waals surface area contributed by atoms with Gasteiger partial charge in [0.25, 0.3) is 0 Å². The zero-order chi connectivity index (χ0) is 9.26. The molecule has 0 spiro atoms. The predicted molar refractivity (Wildman–Crippen MR) is 55.0 cm³/mol. The second-order valence-electron chi connectivity index (χ2n) is 3.55. The summed E-state index contributed by atoms with van der Waals surface area (Å²) in [5, 5.41) is 0.737. The van der Waals surface area contributed by atoms with Crippen LogP contribution >= 0.6 is 11.3 Å². The molecule has 0 aromatic carbocycles. The highest BCUT2D eigenvalue weighted by atomic mass is 32.1. The quantitative estimate of drug-likeness (QED) is 0.737. The molecule has 0 unspecified atom stereocenters. The first-order valence-corrected chi connectivity index (χ1v) is 5.48. The van der Waals surface area contributed by atoms with Gasteiger partial charge in [0.05, 0.1) is 9.88 Å². The second kappa shape index (κ2) is 3.50. The van der Waals surface area contributed by atoms with Crippen LogP contribution in [0.3, 0.4) is 0 Å². The van der Waals surface area contributed by atoms with Crippen molar-refractivity contribution in [3.63, 3.8) is 0 Å². The Labute approximate surface area is 81.8 Å². The Morgan fingerprint density at radius 3 is 2.62 bits per heavy atom. The summed E-state index contributed by atoms with van der Waals surface area (Å²) in [4.78, 5) is 12.7. The highest BCUT2D eigenvalue weighted by Gasteiger charge is 2.24. The highest BCUT2D eigenvalue weighted by molar-refractivity contribution is 7.17. The topological polar surface area (TPSA) is 43.1 Å². The second-order valence-corrected chi connectivity index (χ2v) is 4.66. The fraction of sp³-hybridized carbons (Fsp3) is 0.500. The van der Waals surface area contributed by atoms with Gasteiger partial charge in [0.1, 0.15) is 0 Å². The van der Waals surface area contributed by atoms with E-state index < -0.39 is 0 Å². The molecule has 0 atom stereocenters. The van der Waals surface area contributed by atoms with E-state index in [0.717, 1.165) is 22.7 Å². The lowest BCUT2D eigenvalue weighted by atomic mass is 10.0. The van der Waals surface area contributed by atoms with Gasteiger partial charge in [0, 0.05) is 5.92 Å². The van der Waals surface area contributed by atoms with Crippen molar-refractivity contribution in [1.82, 2.24) is 0 Å². The van der Waals surface area contributed by atoms with Crippen LogP contribution in [0.5, 0.6) is 0 Å². The number of ketones is 1. The smallest absolute Gasteiger partial charge is 0.175 e. The fourth-order valence-electron chi connectivity index (χ4n) is 1.87. The average Bonchev–Trinajstić information content (AvgIpc) is 2.72. The van der Waals surface area contributed by atoms with E-state index in [-0.39, 0.29) is 5.92 Å². The lowest BCUT2D eigenvalue weighted by Crippen LogP contribution is -2.08. The third-order valence-electron chi connectivity index (χ3n) is 2.60. The van der Waals surface area contributed by atoms with Crippen molar-refractivity contribution in [2.75, 3.05) is 5.73 Å². The molecule has 1 aromatic rings. The van der Waals surface area contributed by atoms with Gasteiger partial charge in [0.2, 0.25) is 0 Å². The molecule has 2 rings (SSSR count). The Balaban J connectivity index is 2.12. The number of carbonyl (C=O) groups excluding carboxylic acids is 1. The molecule has 1 heterocycles. The lowest BCUT2D eigenvalue weighted by Gasteiger charge is -2.04. The molecule has 0 bridgehead atoms. The van der Waals surface area contributed by atoms with Crippen LogP contribution in [0.4, 0.5) is 5.00 Å². The fourth-order valence-corrected chi connectivity index (χ4v) is 2.67. The summed E-state index contributed by atoms with van der Waals surface area (Å²) in [6.07, 6.45) is 4.54. The molecule has 2 nitrogen and oxygen atoms in total. The summed E-state index contributed by atoms with van der Waals surface area (Å²) in [5.41, 5.74) is 5.58. The molecule has 1 aliphatic rings. The minimum atomic E-state index is 0.276. The molecule has 70 valence electrons. The first kappa shape index (κ1) is 8.75. The predicted octanol–water partition coefficient (Wildman–Crippen LogP) is 2.70. The number of thiophene rings is 1. The third-order valence-corrected chi connectivity index (χ3v) is 3.52. The van der Waals surface area contributed by atoms with Gasteiger partial charge >= 0.3 is 0 Å². The molecule has 1 aromatic heterocycles. The molecule has 0 saturated heterocycles. The first-order chi connectivity index (χ1) is 6.27. The number of rotatable bonds is 2. The molecule has 0 amide bonds. The van der Waals surface area contributed by atoms with Crippen molar-refractivity contribution < 1.29 is 4.79 Å². The van der Waals surface area contributed by atoms with Gasteiger partial charge < -0.3 is 5.73 Å². The molecule has 1 aliphatic carbocycles. The Kier molecular flexibility index (Phi) is 2.36. The van der Waals surface area contributed by atoms with Crippen LogP contribution in [-0.4, -0.2) is 5.78 Å². The molecule has 1 fully saturated rings. The lowest BCUT2D eigenvalue weighted by molar-refractivity contribution is 0.0927. The van der Waals surface area contributed by atoms with E-state index in [1.807, 2.05) is 12.1 Å². The van der Waals surface area contributed by atoms with Gasteiger partial charge in [-0.3, -0.25) is 4.79 Å². The van der Waals surface area contributed by atoms with Crippen LogP contribution in [0.25, 0.3) is 0 Å². The zero-order valence-electron chi connectivity index (χ0n) is 7.45. The average molecular weight is 195 g/mol. The van der Waals surface area contributed by atoms with Crippen molar-refractivity contribution in [3.05, 3.63) is 17.0 Å². The van der Waals surface area contributed by atoms with Gasteiger partial charge in [-0.15, -0.1) is 11.3 Å². The summed E-state index contributed by atoms with van der Waals surface area (Å²) in [6.45, 7) is 0. The summed E-state index contributed by atoms with van der Waals surface area (Å²) < 4.78 is 0. The number of anilines is 1. The summed E-state index contributed by atoms with van der Waals surface area (Å²) in [7, 11) is 0. The molecule has 13 heavy (non-hydrogen) atoms. The number of hydrogen-bond acceptors (Lipinski definition) is 3. The van der Waals surface area contributed by atoms with E-state index in [2.05, 4.69) is 0 Å². The molecule has 2 N–H and O–H groups in total. The van der Waals surface area contributed by atoms with E-state index in [9.17, 15) is 4.79 Å². The Bertz CT molecular complexity index is 312. The first-order valence-electron chi connectivity index (χ1n) is 4.67. The van der Waals surface area contributed by atoms with Crippen LogP contribution < -0.4 is 5.73 Å². The van der Waals surface area contributed by atoms with Crippen molar-refractivity contribution in [2.45, 2.75) is 25.7 Å². The van der Waals surface area contributed by atoms with E-state index >= 15 is 0 Å². The van der Waals surface area contributed by atoms with Crippen LogP contribution in [0.15, 0.2) is 12.1 Å². The SMILES string of the molecule is Nc1ccc(C(=O)C2CCCC2)s1. The maximum atomic E-state index is 11.8. The summed E-state index contributed by atoms with van der Waals surface area (Å²) >= 11 is 1.41. The van der Waals surface area contributed by atoms with Gasteiger partial charge in [-0.25, -0.2) is 0 Å². The number of Topliss-reactive ketones (excluding diaryl/α,β-unsaturated/α-hetero) is 1.